The number of halogens is 1. The zero-order valence-corrected chi connectivity index (χ0v) is 17.5. The summed E-state index contributed by atoms with van der Waals surface area (Å²) >= 11 is 5.94. The molecule has 3 amide bonds. The van der Waals surface area contributed by atoms with Crippen molar-refractivity contribution >= 4 is 40.7 Å². The van der Waals surface area contributed by atoms with Crippen molar-refractivity contribution in [3.8, 4) is 5.75 Å². The van der Waals surface area contributed by atoms with Crippen LogP contribution in [0.3, 0.4) is 0 Å². The van der Waals surface area contributed by atoms with Gasteiger partial charge in [0.05, 0.1) is 16.9 Å². The number of benzene rings is 3. The molecular formula is C24H18ClN3O4. The van der Waals surface area contributed by atoms with Crippen LogP contribution in [0.4, 0.5) is 11.4 Å². The SMILES string of the molecule is O=C(CCN1C(=O)c2ccccc2N2C(=O)c3ccccc3[C@H]12)Nc1cc(Cl)ccc1O. The highest BCUT2D eigenvalue weighted by Crippen LogP contribution is 2.45. The highest BCUT2D eigenvalue weighted by atomic mass is 35.5. The summed E-state index contributed by atoms with van der Waals surface area (Å²) in [4.78, 5) is 42.3. The zero-order chi connectivity index (χ0) is 22.4. The molecule has 1 atom stereocenters. The number of amides is 3. The van der Waals surface area contributed by atoms with Crippen LogP contribution < -0.4 is 10.2 Å². The maximum absolute atomic E-state index is 13.3. The summed E-state index contributed by atoms with van der Waals surface area (Å²) in [6.07, 6.45) is -0.644. The van der Waals surface area contributed by atoms with Crippen molar-refractivity contribution in [2.75, 3.05) is 16.8 Å². The van der Waals surface area contributed by atoms with Gasteiger partial charge >= 0.3 is 0 Å². The molecule has 0 radical (unpaired) electrons. The van der Waals surface area contributed by atoms with Crippen molar-refractivity contribution in [1.29, 1.82) is 0 Å². The second kappa shape index (κ2) is 7.69. The number of para-hydroxylation sites is 1. The number of rotatable bonds is 4. The first-order chi connectivity index (χ1) is 15.5. The molecule has 2 aliphatic heterocycles. The molecule has 2 N–H and O–H groups in total. The van der Waals surface area contributed by atoms with Crippen molar-refractivity contribution in [3.05, 3.63) is 88.4 Å². The molecule has 2 aliphatic rings. The lowest BCUT2D eigenvalue weighted by molar-refractivity contribution is -0.116. The van der Waals surface area contributed by atoms with E-state index in [9.17, 15) is 19.5 Å². The van der Waals surface area contributed by atoms with Gasteiger partial charge in [0.25, 0.3) is 11.8 Å². The van der Waals surface area contributed by atoms with Gasteiger partial charge in [-0.3, -0.25) is 19.3 Å². The van der Waals surface area contributed by atoms with Crippen LogP contribution in [0.5, 0.6) is 5.75 Å². The Morgan fingerprint density at radius 1 is 0.969 bits per heavy atom. The maximum Gasteiger partial charge on any atom is 0.260 e. The van der Waals surface area contributed by atoms with E-state index in [1.807, 2.05) is 12.1 Å². The van der Waals surface area contributed by atoms with E-state index >= 15 is 0 Å². The quantitative estimate of drug-likeness (QED) is 0.587. The average Bonchev–Trinajstić information content (AvgIpc) is 3.09. The van der Waals surface area contributed by atoms with E-state index in [1.165, 1.54) is 18.2 Å². The van der Waals surface area contributed by atoms with Crippen LogP contribution >= 0.6 is 11.6 Å². The van der Waals surface area contributed by atoms with Gasteiger partial charge in [-0.25, -0.2) is 0 Å². The van der Waals surface area contributed by atoms with Gasteiger partial charge in [-0.05, 0) is 36.4 Å². The minimum atomic E-state index is -0.617. The van der Waals surface area contributed by atoms with E-state index in [2.05, 4.69) is 5.32 Å². The molecule has 0 unspecified atom stereocenters. The van der Waals surface area contributed by atoms with Crippen molar-refractivity contribution in [1.82, 2.24) is 4.90 Å². The van der Waals surface area contributed by atoms with E-state index in [-0.39, 0.29) is 36.2 Å². The van der Waals surface area contributed by atoms with Gasteiger partial charge in [0.15, 0.2) is 0 Å². The van der Waals surface area contributed by atoms with Crippen LogP contribution in [-0.4, -0.2) is 34.3 Å². The number of carbonyl (C=O) groups excluding carboxylic acids is 3. The Kier molecular flexibility index (Phi) is 4.83. The normalized spacial score (nSPS) is 16.5. The van der Waals surface area contributed by atoms with Crippen molar-refractivity contribution in [2.24, 2.45) is 0 Å². The number of nitrogens with one attached hydrogen (secondary N) is 1. The number of fused-ring (bicyclic) bond motifs is 5. The van der Waals surface area contributed by atoms with Gasteiger partial charge < -0.3 is 15.3 Å². The van der Waals surface area contributed by atoms with E-state index in [4.69, 9.17) is 11.6 Å². The number of phenols is 1. The monoisotopic (exact) mass is 447 g/mol. The molecular weight excluding hydrogens is 430 g/mol. The lowest BCUT2D eigenvalue weighted by atomic mass is 10.0. The minimum Gasteiger partial charge on any atom is -0.506 e. The third-order valence-electron chi connectivity index (χ3n) is 5.70. The van der Waals surface area contributed by atoms with E-state index in [0.717, 1.165) is 5.56 Å². The number of phenolic OH excluding ortho intramolecular Hbond substituents is 1. The fourth-order valence-corrected chi connectivity index (χ4v) is 4.41. The molecule has 5 rings (SSSR count). The summed E-state index contributed by atoms with van der Waals surface area (Å²) in [6, 6.07) is 18.5. The maximum atomic E-state index is 13.3. The lowest BCUT2D eigenvalue weighted by Crippen LogP contribution is -2.48. The molecule has 0 saturated carbocycles. The van der Waals surface area contributed by atoms with Crippen LogP contribution in [0, 0.1) is 0 Å². The standard InChI is InChI=1S/C24H18ClN3O4/c25-14-9-10-20(29)18(13-14)26-21(30)11-12-27-22-15-5-1-2-6-16(15)24(32)28(22)19-8-4-3-7-17(19)23(27)31/h1-10,13,22,29H,11-12H2,(H,26,30)/t22-/m1/s1. The zero-order valence-electron chi connectivity index (χ0n) is 16.8. The smallest absolute Gasteiger partial charge is 0.260 e. The molecule has 8 heteroatoms. The van der Waals surface area contributed by atoms with Gasteiger partial charge in [-0.15, -0.1) is 0 Å². The molecule has 32 heavy (non-hydrogen) atoms. The molecule has 0 fully saturated rings. The summed E-state index contributed by atoms with van der Waals surface area (Å²) < 4.78 is 0. The van der Waals surface area contributed by atoms with Gasteiger partial charge in [0.2, 0.25) is 5.91 Å². The number of hydrogen-bond donors (Lipinski definition) is 2. The summed E-state index contributed by atoms with van der Waals surface area (Å²) in [6.45, 7) is 0.0864. The molecule has 7 nitrogen and oxygen atoms in total. The Hall–Kier alpha value is -3.84. The van der Waals surface area contributed by atoms with Gasteiger partial charge in [0, 0.05) is 29.1 Å². The third-order valence-corrected chi connectivity index (χ3v) is 5.93. The molecule has 160 valence electrons. The molecule has 0 aliphatic carbocycles. The van der Waals surface area contributed by atoms with E-state index < -0.39 is 12.1 Å². The number of anilines is 2. The second-order valence-electron chi connectivity index (χ2n) is 7.61. The predicted molar refractivity (Wildman–Crippen MR) is 120 cm³/mol. The molecule has 0 bridgehead atoms. The Morgan fingerprint density at radius 3 is 2.50 bits per heavy atom. The van der Waals surface area contributed by atoms with Crippen LogP contribution in [0.25, 0.3) is 0 Å². The topological polar surface area (TPSA) is 90.0 Å². The summed E-state index contributed by atoms with van der Waals surface area (Å²) in [5.41, 5.74) is 2.44. The largest absolute Gasteiger partial charge is 0.506 e. The van der Waals surface area contributed by atoms with Gasteiger partial charge in [-0.2, -0.15) is 0 Å². The Balaban J connectivity index is 1.44. The Morgan fingerprint density at radius 2 is 1.69 bits per heavy atom. The van der Waals surface area contributed by atoms with Crippen molar-refractivity contribution < 1.29 is 19.5 Å². The number of aromatic hydroxyl groups is 1. The summed E-state index contributed by atoms with van der Waals surface area (Å²) in [7, 11) is 0. The first-order valence-corrected chi connectivity index (χ1v) is 10.4. The number of hydrogen-bond acceptors (Lipinski definition) is 4. The first kappa shape index (κ1) is 20.1. The van der Waals surface area contributed by atoms with Crippen LogP contribution in [0.2, 0.25) is 5.02 Å². The molecule has 0 spiro atoms. The van der Waals surface area contributed by atoms with Gasteiger partial charge in [-0.1, -0.05) is 41.9 Å². The fraction of sp³-hybridized carbons (Fsp3) is 0.125. The predicted octanol–water partition coefficient (Wildman–Crippen LogP) is 4.19. The number of nitrogens with zero attached hydrogens (tertiary/aromatic N) is 2. The van der Waals surface area contributed by atoms with Gasteiger partial charge in [0.1, 0.15) is 11.9 Å². The molecule has 0 saturated heterocycles. The van der Waals surface area contributed by atoms with Crippen molar-refractivity contribution in [2.45, 2.75) is 12.6 Å². The Bertz CT molecular complexity index is 1280. The Labute approximate surface area is 188 Å². The highest BCUT2D eigenvalue weighted by Gasteiger charge is 2.47. The highest BCUT2D eigenvalue weighted by molar-refractivity contribution is 6.31. The summed E-state index contributed by atoms with van der Waals surface area (Å²) in [5, 5.41) is 12.9. The van der Waals surface area contributed by atoms with Crippen LogP contribution in [0.15, 0.2) is 66.7 Å². The second-order valence-corrected chi connectivity index (χ2v) is 8.05. The first-order valence-electron chi connectivity index (χ1n) is 10.1. The average molecular weight is 448 g/mol. The number of carbonyl (C=O) groups is 3. The van der Waals surface area contributed by atoms with Crippen molar-refractivity contribution in [3.63, 3.8) is 0 Å². The van der Waals surface area contributed by atoms with Crippen LogP contribution in [0.1, 0.15) is 38.9 Å². The summed E-state index contributed by atoms with van der Waals surface area (Å²) in [5.74, 6) is -0.917. The molecule has 3 aromatic carbocycles. The molecule has 0 aromatic heterocycles. The van der Waals surface area contributed by atoms with Crippen LogP contribution in [-0.2, 0) is 4.79 Å². The lowest BCUT2D eigenvalue weighted by Gasteiger charge is -2.40. The van der Waals surface area contributed by atoms with E-state index in [1.54, 1.807) is 46.2 Å². The third kappa shape index (κ3) is 3.18. The molecule has 2 heterocycles. The minimum absolute atomic E-state index is 0.0272. The molecule has 3 aromatic rings. The fourth-order valence-electron chi connectivity index (χ4n) is 4.24. The van der Waals surface area contributed by atoms with E-state index in [0.29, 0.717) is 21.8 Å².